The van der Waals surface area contributed by atoms with Crippen molar-refractivity contribution < 1.29 is 9.59 Å². The van der Waals surface area contributed by atoms with Crippen LogP contribution in [0.4, 0.5) is 5.69 Å². The zero-order valence-corrected chi connectivity index (χ0v) is 17.9. The second-order valence-corrected chi connectivity index (χ2v) is 8.61. The van der Waals surface area contributed by atoms with E-state index in [1.54, 1.807) is 18.2 Å². The quantitative estimate of drug-likeness (QED) is 0.386. The fourth-order valence-electron chi connectivity index (χ4n) is 5.01. The van der Waals surface area contributed by atoms with Gasteiger partial charge in [0, 0.05) is 16.9 Å². The van der Waals surface area contributed by atoms with Crippen molar-refractivity contribution in [3.8, 4) is 0 Å². The number of carbonyl (C=O) groups excluding carboxylic acids is 2. The molecular formula is C27H22ClNO2. The number of allylic oxidation sites excluding steroid dienone is 2. The molecular weight excluding hydrogens is 406 g/mol. The van der Waals surface area contributed by atoms with E-state index >= 15 is 0 Å². The lowest BCUT2D eigenvalue weighted by Crippen LogP contribution is -2.32. The number of rotatable bonds is 3. The number of hydrogen-bond acceptors (Lipinski definition) is 2. The molecule has 0 saturated carbocycles. The number of amides is 2. The highest BCUT2D eigenvalue weighted by molar-refractivity contribution is 6.32. The number of benzene rings is 3. The molecule has 31 heavy (non-hydrogen) atoms. The van der Waals surface area contributed by atoms with E-state index in [9.17, 15) is 9.59 Å². The predicted molar refractivity (Wildman–Crippen MR) is 123 cm³/mol. The van der Waals surface area contributed by atoms with Crippen molar-refractivity contribution in [2.24, 2.45) is 11.8 Å². The summed E-state index contributed by atoms with van der Waals surface area (Å²) in [6, 6.07) is 25.3. The third kappa shape index (κ3) is 3.21. The monoisotopic (exact) mass is 427 g/mol. The number of hydrogen-bond donors (Lipinski definition) is 0. The summed E-state index contributed by atoms with van der Waals surface area (Å²) in [6.45, 7) is 1.85. The lowest BCUT2D eigenvalue weighted by atomic mass is 9.68. The first-order chi connectivity index (χ1) is 15.1. The van der Waals surface area contributed by atoms with E-state index in [0.29, 0.717) is 10.7 Å². The molecule has 0 bridgehead atoms. The molecule has 3 aromatic carbocycles. The van der Waals surface area contributed by atoms with Gasteiger partial charge >= 0.3 is 0 Å². The molecule has 4 atom stereocenters. The largest absolute Gasteiger partial charge is 0.274 e. The van der Waals surface area contributed by atoms with E-state index in [0.717, 1.165) is 16.7 Å². The summed E-state index contributed by atoms with van der Waals surface area (Å²) >= 11 is 6.33. The molecule has 0 aromatic heterocycles. The van der Waals surface area contributed by atoms with Crippen molar-refractivity contribution in [3.63, 3.8) is 0 Å². The minimum Gasteiger partial charge on any atom is -0.274 e. The Labute approximate surface area is 187 Å². The van der Waals surface area contributed by atoms with Crippen LogP contribution < -0.4 is 4.90 Å². The Morgan fingerprint density at radius 2 is 1.16 bits per heavy atom. The number of anilines is 1. The van der Waals surface area contributed by atoms with Crippen LogP contribution in [-0.2, 0) is 9.59 Å². The Hall–Kier alpha value is -3.17. The van der Waals surface area contributed by atoms with Gasteiger partial charge in [-0.05, 0) is 35.7 Å². The third-order valence-electron chi connectivity index (χ3n) is 6.55. The van der Waals surface area contributed by atoms with E-state index in [1.165, 1.54) is 4.90 Å². The van der Waals surface area contributed by atoms with Gasteiger partial charge in [-0.3, -0.25) is 9.59 Å². The highest BCUT2D eigenvalue weighted by Gasteiger charge is 2.55. The molecule has 3 aromatic rings. The van der Waals surface area contributed by atoms with Gasteiger partial charge in [0.15, 0.2) is 0 Å². The van der Waals surface area contributed by atoms with Gasteiger partial charge in [-0.1, -0.05) is 90.5 Å². The molecule has 2 aliphatic rings. The van der Waals surface area contributed by atoms with Crippen molar-refractivity contribution in [1.82, 2.24) is 0 Å². The highest BCUT2D eigenvalue weighted by Crippen LogP contribution is 2.50. The summed E-state index contributed by atoms with van der Waals surface area (Å²) in [5, 5.41) is 0.547. The van der Waals surface area contributed by atoms with Gasteiger partial charge in [0.1, 0.15) is 0 Å². The lowest BCUT2D eigenvalue weighted by molar-refractivity contribution is -0.122. The molecule has 1 fully saturated rings. The maximum Gasteiger partial charge on any atom is 0.238 e. The number of nitrogens with zero attached hydrogens (tertiary/aromatic N) is 1. The zero-order valence-electron chi connectivity index (χ0n) is 17.1. The van der Waals surface area contributed by atoms with Crippen LogP contribution >= 0.6 is 11.6 Å². The van der Waals surface area contributed by atoms with Crippen molar-refractivity contribution in [3.05, 3.63) is 113 Å². The predicted octanol–water partition coefficient (Wildman–Crippen LogP) is 5.89. The van der Waals surface area contributed by atoms with Crippen LogP contribution in [0.15, 0.2) is 91.0 Å². The fraction of sp³-hybridized carbons (Fsp3) is 0.185. The molecule has 1 aliphatic heterocycles. The van der Waals surface area contributed by atoms with E-state index < -0.39 is 11.8 Å². The molecule has 1 saturated heterocycles. The molecule has 4 heteroatoms. The first-order valence-electron chi connectivity index (χ1n) is 10.5. The lowest BCUT2D eigenvalue weighted by Gasteiger charge is -2.32. The number of fused-ring (bicyclic) bond motifs is 1. The summed E-state index contributed by atoms with van der Waals surface area (Å²) in [4.78, 5) is 29.0. The Bertz CT molecular complexity index is 1100. The molecule has 5 rings (SSSR count). The van der Waals surface area contributed by atoms with Gasteiger partial charge in [0.05, 0.1) is 17.5 Å². The molecule has 154 valence electrons. The summed E-state index contributed by atoms with van der Waals surface area (Å²) in [6.07, 6.45) is 4.21. The van der Waals surface area contributed by atoms with Gasteiger partial charge in [-0.25, -0.2) is 4.90 Å². The van der Waals surface area contributed by atoms with Crippen molar-refractivity contribution in [2.45, 2.75) is 18.8 Å². The molecule has 3 nitrogen and oxygen atoms in total. The number of carbonyl (C=O) groups is 2. The minimum atomic E-state index is -0.455. The Morgan fingerprint density at radius 1 is 0.677 bits per heavy atom. The van der Waals surface area contributed by atoms with Gasteiger partial charge in [0.2, 0.25) is 11.8 Å². The second kappa shape index (κ2) is 7.82. The van der Waals surface area contributed by atoms with Crippen LogP contribution in [-0.4, -0.2) is 11.8 Å². The molecule has 1 heterocycles. The van der Waals surface area contributed by atoms with Gasteiger partial charge in [0.25, 0.3) is 0 Å². The SMILES string of the molecule is Cc1c(Cl)cccc1N1C(=O)[C@@H]2[C@H](C1=O)[C@H](c1ccccc1)C=C[C@H]2c1ccccc1. The second-order valence-electron chi connectivity index (χ2n) is 8.21. The zero-order chi connectivity index (χ0) is 21.5. The maximum atomic E-state index is 13.8. The van der Waals surface area contributed by atoms with E-state index in [1.807, 2.05) is 67.6 Å². The van der Waals surface area contributed by atoms with Crippen molar-refractivity contribution in [1.29, 1.82) is 0 Å². The van der Waals surface area contributed by atoms with Crippen LogP contribution in [0.2, 0.25) is 5.02 Å². The highest BCUT2D eigenvalue weighted by atomic mass is 35.5. The van der Waals surface area contributed by atoms with Crippen molar-refractivity contribution in [2.75, 3.05) is 4.90 Å². The van der Waals surface area contributed by atoms with Crippen LogP contribution in [0.3, 0.4) is 0 Å². The van der Waals surface area contributed by atoms with E-state index in [2.05, 4.69) is 12.2 Å². The molecule has 1 aliphatic carbocycles. The number of imide groups is 1. The fourth-order valence-corrected chi connectivity index (χ4v) is 5.18. The van der Waals surface area contributed by atoms with Gasteiger partial charge in [-0.15, -0.1) is 0 Å². The minimum absolute atomic E-state index is 0.146. The Morgan fingerprint density at radius 3 is 1.65 bits per heavy atom. The third-order valence-corrected chi connectivity index (χ3v) is 6.96. The Kier molecular flexibility index (Phi) is 4.99. The van der Waals surface area contributed by atoms with Crippen LogP contribution in [0, 0.1) is 18.8 Å². The molecule has 0 radical (unpaired) electrons. The summed E-state index contributed by atoms with van der Waals surface area (Å²) in [5.74, 6) is -1.51. The first-order valence-corrected chi connectivity index (χ1v) is 10.9. The molecule has 0 N–H and O–H groups in total. The van der Waals surface area contributed by atoms with E-state index in [-0.39, 0.29) is 23.7 Å². The first kappa shape index (κ1) is 19.8. The van der Waals surface area contributed by atoms with E-state index in [4.69, 9.17) is 11.6 Å². The Balaban J connectivity index is 1.65. The van der Waals surface area contributed by atoms with Crippen LogP contribution in [0.25, 0.3) is 0 Å². The average Bonchev–Trinajstić information content (AvgIpc) is 3.07. The van der Waals surface area contributed by atoms with Gasteiger partial charge in [-0.2, -0.15) is 0 Å². The molecule has 0 unspecified atom stereocenters. The van der Waals surface area contributed by atoms with Crippen LogP contribution in [0.1, 0.15) is 28.5 Å². The van der Waals surface area contributed by atoms with Gasteiger partial charge < -0.3 is 0 Å². The summed E-state index contributed by atoms with van der Waals surface area (Å²) < 4.78 is 0. The smallest absolute Gasteiger partial charge is 0.238 e. The molecule has 2 amide bonds. The van der Waals surface area contributed by atoms with Crippen LogP contribution in [0.5, 0.6) is 0 Å². The average molecular weight is 428 g/mol. The standard InChI is InChI=1S/C27H22ClNO2/c1-17-22(28)13-8-14-23(17)29-26(30)24-20(18-9-4-2-5-10-18)15-16-21(25(24)27(29)31)19-11-6-3-7-12-19/h2-16,20-21,24-25H,1H3/t20-,21-,24-,25+/m0/s1. The topological polar surface area (TPSA) is 37.4 Å². The number of halogens is 1. The normalized spacial score (nSPS) is 25.0. The van der Waals surface area contributed by atoms with Crippen molar-refractivity contribution >= 4 is 29.1 Å². The molecule has 0 spiro atoms. The summed E-state index contributed by atoms with van der Waals surface area (Å²) in [7, 11) is 0. The summed E-state index contributed by atoms with van der Waals surface area (Å²) in [5.41, 5.74) is 3.41. The maximum absolute atomic E-state index is 13.8.